The number of hydrogen-bond donors (Lipinski definition) is 2. The van der Waals surface area contributed by atoms with Gasteiger partial charge in [-0.1, -0.05) is 29.8 Å². The van der Waals surface area contributed by atoms with E-state index in [1.165, 1.54) is 24.9 Å². The molecule has 0 radical (unpaired) electrons. The van der Waals surface area contributed by atoms with Crippen LogP contribution in [0, 0.1) is 0 Å². The molecule has 0 amide bonds. The van der Waals surface area contributed by atoms with Crippen LogP contribution < -0.4 is 10.2 Å². The van der Waals surface area contributed by atoms with E-state index in [1.54, 1.807) is 12.3 Å². The van der Waals surface area contributed by atoms with Crippen molar-refractivity contribution in [3.8, 4) is 11.3 Å². The summed E-state index contributed by atoms with van der Waals surface area (Å²) in [7, 11) is 3.93. The summed E-state index contributed by atoms with van der Waals surface area (Å²) in [6.45, 7) is 2.87. The predicted octanol–water partition coefficient (Wildman–Crippen LogP) is 5.64. The summed E-state index contributed by atoms with van der Waals surface area (Å²) in [6.07, 6.45) is 9.22. The summed E-state index contributed by atoms with van der Waals surface area (Å²) in [5, 5.41) is 11.8. The third kappa shape index (κ3) is 6.20. The van der Waals surface area contributed by atoms with Gasteiger partial charge in [0, 0.05) is 43.0 Å². The molecular weight excluding hydrogens is 498 g/mol. The first-order valence-electron chi connectivity index (χ1n) is 12.9. The maximum atomic E-state index is 12.5. The number of allylic oxidation sites excluding steroid dienone is 1. The van der Waals surface area contributed by atoms with Gasteiger partial charge < -0.3 is 15.1 Å². The molecule has 9 heteroatoms. The number of aromatic nitrogens is 4. The van der Waals surface area contributed by atoms with Crippen molar-refractivity contribution in [2.75, 3.05) is 43.9 Å². The molecule has 0 atom stereocenters. The summed E-state index contributed by atoms with van der Waals surface area (Å²) in [5.74, 6) is 0.476. The van der Waals surface area contributed by atoms with E-state index in [4.69, 9.17) is 16.6 Å². The number of fused-ring (bicyclic) bond motifs is 1. The molecule has 0 spiro atoms. The minimum Gasteiger partial charge on any atom is -0.371 e. The average molecular weight is 530 g/mol. The normalized spacial score (nSPS) is 14.1. The maximum Gasteiger partial charge on any atom is 0.229 e. The van der Waals surface area contributed by atoms with E-state index in [-0.39, 0.29) is 12.2 Å². The van der Waals surface area contributed by atoms with Crippen molar-refractivity contribution in [1.82, 2.24) is 25.1 Å². The lowest BCUT2D eigenvalue weighted by molar-refractivity contribution is -0.114. The summed E-state index contributed by atoms with van der Waals surface area (Å²) < 4.78 is 0. The molecule has 1 aliphatic heterocycles. The largest absolute Gasteiger partial charge is 0.371 e. The highest BCUT2D eigenvalue weighted by Gasteiger charge is 2.16. The van der Waals surface area contributed by atoms with Crippen LogP contribution in [0.15, 0.2) is 60.8 Å². The van der Waals surface area contributed by atoms with Gasteiger partial charge in [-0.15, -0.1) is 0 Å². The molecule has 5 rings (SSSR count). The Morgan fingerprint density at radius 1 is 1.13 bits per heavy atom. The third-order valence-electron chi connectivity index (χ3n) is 6.57. The lowest BCUT2D eigenvalue weighted by Gasteiger charge is -2.29. The predicted molar refractivity (Wildman–Crippen MR) is 154 cm³/mol. The number of carbonyl (C=O) groups excluding carboxylic acids is 1. The van der Waals surface area contributed by atoms with E-state index >= 15 is 0 Å². The monoisotopic (exact) mass is 529 g/mol. The van der Waals surface area contributed by atoms with Gasteiger partial charge >= 0.3 is 0 Å². The van der Waals surface area contributed by atoms with Crippen LogP contribution in [0.4, 0.5) is 17.3 Å². The van der Waals surface area contributed by atoms with Crippen LogP contribution in [0.3, 0.4) is 0 Å². The Morgan fingerprint density at radius 3 is 2.79 bits per heavy atom. The molecule has 1 saturated heterocycles. The molecule has 196 valence electrons. The van der Waals surface area contributed by atoms with Gasteiger partial charge in [0.25, 0.3) is 0 Å². The molecule has 2 aromatic heterocycles. The smallest absolute Gasteiger partial charge is 0.229 e. The molecular formula is C29H32ClN7O. The molecule has 38 heavy (non-hydrogen) atoms. The first-order chi connectivity index (χ1) is 18.5. The number of nitrogens with one attached hydrogen (secondary N) is 2. The van der Waals surface area contributed by atoms with Crippen LogP contribution in [-0.2, 0) is 11.2 Å². The number of rotatable bonds is 9. The number of ketones is 1. The van der Waals surface area contributed by atoms with Crippen molar-refractivity contribution in [3.63, 3.8) is 0 Å². The Bertz CT molecular complexity index is 1460. The van der Waals surface area contributed by atoms with Gasteiger partial charge in [0.05, 0.1) is 22.3 Å². The number of hydrogen-bond acceptors (Lipinski definition) is 7. The van der Waals surface area contributed by atoms with E-state index in [1.807, 2.05) is 55.4 Å². The van der Waals surface area contributed by atoms with Crippen LogP contribution in [0.1, 0.15) is 24.8 Å². The topological polar surface area (TPSA) is 90.0 Å². The second kappa shape index (κ2) is 11.8. The van der Waals surface area contributed by atoms with Crippen LogP contribution in [0.5, 0.6) is 0 Å². The van der Waals surface area contributed by atoms with E-state index in [2.05, 4.69) is 37.5 Å². The van der Waals surface area contributed by atoms with Crippen molar-refractivity contribution in [2.45, 2.75) is 25.7 Å². The number of halogens is 1. The van der Waals surface area contributed by atoms with Crippen molar-refractivity contribution < 1.29 is 4.79 Å². The number of aromatic amines is 1. The number of anilines is 3. The van der Waals surface area contributed by atoms with Gasteiger partial charge in [0.2, 0.25) is 5.95 Å². The van der Waals surface area contributed by atoms with Crippen molar-refractivity contribution >= 4 is 45.7 Å². The van der Waals surface area contributed by atoms with Gasteiger partial charge in [-0.25, -0.2) is 4.98 Å². The highest BCUT2D eigenvalue weighted by molar-refractivity contribution is 6.33. The molecule has 1 fully saturated rings. The Hall–Kier alpha value is -3.75. The van der Waals surface area contributed by atoms with Gasteiger partial charge in [0.1, 0.15) is 0 Å². The van der Waals surface area contributed by atoms with Crippen LogP contribution in [0.25, 0.3) is 22.3 Å². The first-order valence-corrected chi connectivity index (χ1v) is 13.3. The molecule has 0 unspecified atom stereocenters. The molecule has 4 aromatic rings. The fourth-order valence-electron chi connectivity index (χ4n) is 4.68. The summed E-state index contributed by atoms with van der Waals surface area (Å²) in [4.78, 5) is 26.4. The zero-order valence-corrected chi connectivity index (χ0v) is 22.5. The first kappa shape index (κ1) is 25.9. The molecule has 2 aromatic carbocycles. The highest BCUT2D eigenvalue weighted by atomic mass is 35.5. The minimum atomic E-state index is 0.0345. The summed E-state index contributed by atoms with van der Waals surface area (Å²) in [5.41, 5.74) is 4.95. The van der Waals surface area contributed by atoms with Crippen molar-refractivity contribution in [2.24, 2.45) is 0 Å². The quantitative estimate of drug-likeness (QED) is 0.271. The molecule has 1 aliphatic rings. The minimum absolute atomic E-state index is 0.0345. The van der Waals surface area contributed by atoms with Gasteiger partial charge in [-0.2, -0.15) is 10.1 Å². The fraction of sp³-hybridized carbons (Fsp3) is 0.310. The zero-order valence-electron chi connectivity index (χ0n) is 21.7. The Kier molecular flexibility index (Phi) is 8.00. The third-order valence-corrected chi connectivity index (χ3v) is 6.90. The standard InChI is InChI=1S/C29H32ClN7O/c1-36(2)13-7-10-23(38)16-20-11-12-26(30)24(17-20)27-25-19-31-35-28(25)34-29(33-27)32-21-8-6-9-22(18-21)37-14-4-3-5-15-37/h6-12,17-19H,3-5,13-16H2,1-2H3,(H2,31,32,33,34,35)/b10-7+. The fourth-order valence-corrected chi connectivity index (χ4v) is 4.88. The molecule has 0 aliphatic carbocycles. The van der Waals surface area contributed by atoms with Gasteiger partial charge in [-0.05, 0) is 75.3 Å². The molecule has 3 heterocycles. The maximum absolute atomic E-state index is 12.5. The zero-order chi connectivity index (χ0) is 26.5. The lowest BCUT2D eigenvalue weighted by atomic mass is 10.0. The van der Waals surface area contributed by atoms with Crippen molar-refractivity contribution in [3.05, 3.63) is 71.4 Å². The van der Waals surface area contributed by atoms with Gasteiger partial charge in [0.15, 0.2) is 11.4 Å². The molecule has 2 N–H and O–H groups in total. The van der Waals surface area contributed by atoms with Crippen LogP contribution in [0.2, 0.25) is 5.02 Å². The average Bonchev–Trinajstić information content (AvgIpc) is 3.39. The number of nitrogens with zero attached hydrogens (tertiary/aromatic N) is 5. The van der Waals surface area contributed by atoms with Gasteiger partial charge in [-0.3, -0.25) is 9.89 Å². The Labute approximate surface area is 227 Å². The van der Waals surface area contributed by atoms with Crippen molar-refractivity contribution in [1.29, 1.82) is 0 Å². The van der Waals surface area contributed by atoms with E-state index in [9.17, 15) is 4.79 Å². The number of H-pyrrole nitrogens is 1. The molecule has 0 saturated carbocycles. The second-order valence-corrected chi connectivity index (χ2v) is 10.3. The number of benzene rings is 2. The molecule has 0 bridgehead atoms. The van der Waals surface area contributed by atoms with E-state index < -0.39 is 0 Å². The van der Waals surface area contributed by atoms with E-state index in [0.717, 1.165) is 35.3 Å². The lowest BCUT2D eigenvalue weighted by Crippen LogP contribution is -2.29. The number of carbonyl (C=O) groups is 1. The second-order valence-electron chi connectivity index (χ2n) is 9.87. The summed E-state index contributed by atoms with van der Waals surface area (Å²) in [6, 6.07) is 13.9. The SMILES string of the molecule is CN(C)C/C=C/C(=O)Cc1ccc(Cl)c(-c2nc(Nc3cccc(N4CCCCC4)c3)nc3[nH]ncc23)c1. The van der Waals surface area contributed by atoms with Crippen LogP contribution in [-0.4, -0.2) is 64.6 Å². The highest BCUT2D eigenvalue weighted by Crippen LogP contribution is 2.33. The summed E-state index contributed by atoms with van der Waals surface area (Å²) >= 11 is 6.65. The number of piperidine rings is 1. The number of likely N-dealkylation sites (N-methyl/N-ethyl adjacent to an activating group) is 1. The Balaban J connectivity index is 1.43. The molecule has 8 nitrogen and oxygen atoms in total. The van der Waals surface area contributed by atoms with Crippen LogP contribution >= 0.6 is 11.6 Å². The Morgan fingerprint density at radius 2 is 1.97 bits per heavy atom. The van der Waals surface area contributed by atoms with E-state index in [0.29, 0.717) is 28.9 Å².